The maximum Gasteiger partial charge on any atom is 0.254 e. The maximum absolute atomic E-state index is 11.8. The van der Waals surface area contributed by atoms with Gasteiger partial charge < -0.3 is 14.8 Å². The molecule has 1 N–H and O–H groups in total. The molecule has 1 amide bonds. The molecule has 1 heterocycles. The van der Waals surface area contributed by atoms with Crippen LogP contribution in [0.2, 0.25) is 0 Å². The number of methoxy groups -OCH3 is 1. The monoisotopic (exact) mass is 235 g/mol. The number of amides is 1. The van der Waals surface area contributed by atoms with Gasteiger partial charge in [-0.2, -0.15) is 0 Å². The summed E-state index contributed by atoms with van der Waals surface area (Å²) in [5.74, 6) is 0.733. The van der Waals surface area contributed by atoms with Gasteiger partial charge in [-0.15, -0.1) is 0 Å². The van der Waals surface area contributed by atoms with Gasteiger partial charge >= 0.3 is 0 Å². The molecule has 17 heavy (non-hydrogen) atoms. The van der Waals surface area contributed by atoms with Gasteiger partial charge in [-0.05, 0) is 25.5 Å². The van der Waals surface area contributed by atoms with Crippen molar-refractivity contribution < 1.29 is 14.3 Å². The second kappa shape index (κ2) is 4.37. The topological polar surface area (TPSA) is 47.6 Å². The standard InChI is InChI=1S/C13H17NO3/c1-4-13(2)12(15)14-11(17-13)9-5-7-10(16-3)8-6-9/h5-8,11H,4H2,1-3H3,(H,14,15). The van der Waals surface area contributed by atoms with Crippen LogP contribution in [0.4, 0.5) is 0 Å². The number of nitrogens with one attached hydrogen (secondary N) is 1. The van der Waals surface area contributed by atoms with Gasteiger partial charge in [-0.25, -0.2) is 0 Å². The fraction of sp³-hybridized carbons (Fsp3) is 0.462. The first-order valence-corrected chi connectivity index (χ1v) is 5.72. The first-order valence-electron chi connectivity index (χ1n) is 5.72. The van der Waals surface area contributed by atoms with E-state index in [9.17, 15) is 4.79 Å². The number of carbonyl (C=O) groups excluding carboxylic acids is 1. The van der Waals surface area contributed by atoms with Crippen molar-refractivity contribution in [2.75, 3.05) is 7.11 Å². The lowest BCUT2D eigenvalue weighted by Gasteiger charge is -2.18. The fourth-order valence-corrected chi connectivity index (χ4v) is 1.79. The Hall–Kier alpha value is -1.55. The number of carbonyl (C=O) groups is 1. The normalized spacial score (nSPS) is 27.9. The molecule has 1 fully saturated rings. The quantitative estimate of drug-likeness (QED) is 0.871. The SMILES string of the molecule is CCC1(C)OC(c2ccc(OC)cc2)NC1=O. The second-order valence-corrected chi connectivity index (χ2v) is 4.33. The summed E-state index contributed by atoms with van der Waals surface area (Å²) in [6, 6.07) is 7.50. The van der Waals surface area contributed by atoms with Crippen LogP contribution in [-0.2, 0) is 9.53 Å². The molecule has 2 atom stereocenters. The van der Waals surface area contributed by atoms with E-state index < -0.39 is 5.60 Å². The first-order chi connectivity index (χ1) is 8.09. The van der Waals surface area contributed by atoms with E-state index in [1.54, 1.807) is 7.11 Å². The van der Waals surface area contributed by atoms with Crippen LogP contribution in [0.25, 0.3) is 0 Å². The van der Waals surface area contributed by atoms with Crippen LogP contribution >= 0.6 is 0 Å². The average molecular weight is 235 g/mol. The lowest BCUT2D eigenvalue weighted by atomic mass is 10.0. The van der Waals surface area contributed by atoms with E-state index in [4.69, 9.17) is 9.47 Å². The van der Waals surface area contributed by atoms with Crippen LogP contribution in [0, 0.1) is 0 Å². The summed E-state index contributed by atoms with van der Waals surface area (Å²) in [6.07, 6.45) is 0.296. The fourth-order valence-electron chi connectivity index (χ4n) is 1.79. The molecule has 0 radical (unpaired) electrons. The van der Waals surface area contributed by atoms with E-state index in [0.29, 0.717) is 6.42 Å². The van der Waals surface area contributed by atoms with Gasteiger partial charge in [0, 0.05) is 5.56 Å². The number of rotatable bonds is 3. The Morgan fingerprint density at radius 1 is 1.41 bits per heavy atom. The highest BCUT2D eigenvalue weighted by Crippen LogP contribution is 2.31. The van der Waals surface area contributed by atoms with E-state index in [1.165, 1.54) is 0 Å². The van der Waals surface area contributed by atoms with Crippen molar-refractivity contribution in [3.8, 4) is 5.75 Å². The van der Waals surface area contributed by atoms with Crippen LogP contribution in [0.1, 0.15) is 32.1 Å². The molecule has 4 nitrogen and oxygen atoms in total. The minimum Gasteiger partial charge on any atom is -0.497 e. The minimum atomic E-state index is -0.718. The molecule has 0 spiro atoms. The van der Waals surface area contributed by atoms with Crippen LogP contribution in [0.15, 0.2) is 24.3 Å². The van der Waals surface area contributed by atoms with Crippen molar-refractivity contribution in [3.63, 3.8) is 0 Å². The van der Waals surface area contributed by atoms with Crippen LogP contribution in [-0.4, -0.2) is 18.6 Å². The molecule has 1 aliphatic heterocycles. The summed E-state index contributed by atoms with van der Waals surface area (Å²) in [5, 5.41) is 2.85. The van der Waals surface area contributed by atoms with Gasteiger partial charge in [0.05, 0.1) is 7.11 Å². The maximum atomic E-state index is 11.8. The Morgan fingerprint density at radius 3 is 2.53 bits per heavy atom. The molecule has 2 rings (SSSR count). The molecule has 1 aromatic carbocycles. The van der Waals surface area contributed by atoms with Crippen molar-refractivity contribution >= 4 is 5.91 Å². The first kappa shape index (κ1) is 11.9. The Bertz CT molecular complexity index is 415. The zero-order valence-corrected chi connectivity index (χ0v) is 10.3. The highest BCUT2D eigenvalue weighted by Gasteiger charge is 2.43. The Labute approximate surface area is 101 Å². The second-order valence-electron chi connectivity index (χ2n) is 4.33. The zero-order valence-electron chi connectivity index (χ0n) is 10.3. The minimum absolute atomic E-state index is 0.0548. The molecular weight excluding hydrogens is 218 g/mol. The van der Waals surface area contributed by atoms with E-state index in [1.807, 2.05) is 38.1 Å². The van der Waals surface area contributed by atoms with Gasteiger partial charge in [0.1, 0.15) is 11.4 Å². The molecule has 1 aromatic rings. The van der Waals surface area contributed by atoms with Gasteiger partial charge in [-0.1, -0.05) is 19.1 Å². The van der Waals surface area contributed by atoms with Gasteiger partial charge in [0.15, 0.2) is 6.23 Å². The largest absolute Gasteiger partial charge is 0.497 e. The Balaban J connectivity index is 2.17. The highest BCUT2D eigenvalue weighted by atomic mass is 16.5. The van der Waals surface area contributed by atoms with Crippen molar-refractivity contribution in [3.05, 3.63) is 29.8 Å². The van der Waals surface area contributed by atoms with Crippen molar-refractivity contribution in [2.45, 2.75) is 32.1 Å². The van der Waals surface area contributed by atoms with E-state index >= 15 is 0 Å². The Morgan fingerprint density at radius 2 is 2.06 bits per heavy atom. The van der Waals surface area contributed by atoms with Crippen molar-refractivity contribution in [2.24, 2.45) is 0 Å². The molecular formula is C13H17NO3. The molecule has 1 saturated heterocycles. The lowest BCUT2D eigenvalue weighted by Crippen LogP contribution is -2.34. The van der Waals surface area contributed by atoms with Crippen LogP contribution in [0.3, 0.4) is 0 Å². The third-order valence-electron chi connectivity index (χ3n) is 3.21. The van der Waals surface area contributed by atoms with Gasteiger partial charge in [-0.3, -0.25) is 4.79 Å². The summed E-state index contributed by atoms with van der Waals surface area (Å²) in [4.78, 5) is 11.8. The van der Waals surface area contributed by atoms with Crippen LogP contribution < -0.4 is 10.1 Å². The molecule has 0 aromatic heterocycles. The molecule has 0 aliphatic carbocycles. The molecule has 0 bridgehead atoms. The number of ether oxygens (including phenoxy) is 2. The Kier molecular flexibility index (Phi) is 3.07. The number of hydrogen-bond acceptors (Lipinski definition) is 3. The summed E-state index contributed by atoms with van der Waals surface area (Å²) in [6.45, 7) is 3.75. The summed E-state index contributed by atoms with van der Waals surface area (Å²) < 4.78 is 10.9. The summed E-state index contributed by atoms with van der Waals surface area (Å²) in [7, 11) is 1.62. The smallest absolute Gasteiger partial charge is 0.254 e. The van der Waals surface area contributed by atoms with Crippen LogP contribution in [0.5, 0.6) is 5.75 Å². The predicted octanol–water partition coefficient (Wildman–Crippen LogP) is 2.01. The van der Waals surface area contributed by atoms with Crippen molar-refractivity contribution in [1.29, 1.82) is 0 Å². The zero-order chi connectivity index (χ0) is 12.5. The van der Waals surface area contributed by atoms with E-state index in [-0.39, 0.29) is 12.1 Å². The van der Waals surface area contributed by atoms with Gasteiger partial charge in [0.2, 0.25) is 0 Å². The molecule has 92 valence electrons. The van der Waals surface area contributed by atoms with E-state index in [2.05, 4.69) is 5.32 Å². The summed E-state index contributed by atoms with van der Waals surface area (Å²) in [5.41, 5.74) is 0.209. The third kappa shape index (κ3) is 2.13. The van der Waals surface area contributed by atoms with E-state index in [0.717, 1.165) is 11.3 Å². The molecule has 1 aliphatic rings. The highest BCUT2D eigenvalue weighted by molar-refractivity contribution is 5.86. The molecule has 4 heteroatoms. The number of hydrogen-bond donors (Lipinski definition) is 1. The lowest BCUT2D eigenvalue weighted by molar-refractivity contribution is -0.132. The summed E-state index contributed by atoms with van der Waals surface area (Å²) >= 11 is 0. The average Bonchev–Trinajstić information content (AvgIpc) is 2.67. The van der Waals surface area contributed by atoms with Gasteiger partial charge in [0.25, 0.3) is 5.91 Å². The molecule has 0 saturated carbocycles. The predicted molar refractivity (Wildman–Crippen MR) is 63.7 cm³/mol. The van der Waals surface area contributed by atoms with Crippen molar-refractivity contribution in [1.82, 2.24) is 5.32 Å². The number of benzene rings is 1. The third-order valence-corrected chi connectivity index (χ3v) is 3.21. The molecule has 2 unspecified atom stereocenters.